The molecule has 1 aromatic carbocycles. The first-order chi connectivity index (χ1) is 8.26. The average molecular weight is 238 g/mol. The van der Waals surface area contributed by atoms with Crippen molar-refractivity contribution < 1.29 is 14.3 Å². The highest BCUT2D eigenvalue weighted by atomic mass is 16.5. The van der Waals surface area contributed by atoms with Crippen LogP contribution in [0.1, 0.15) is 6.92 Å². The van der Waals surface area contributed by atoms with Crippen LogP contribution in [0.4, 0.5) is 10.5 Å². The number of benzene rings is 1. The maximum absolute atomic E-state index is 11.0. The van der Waals surface area contributed by atoms with Gasteiger partial charge in [0.1, 0.15) is 5.75 Å². The Labute approximate surface area is 101 Å². The number of nitrogens with one attached hydrogen (secondary N) is 2. The summed E-state index contributed by atoms with van der Waals surface area (Å²) in [7, 11) is 1.63. The van der Waals surface area contributed by atoms with Crippen LogP contribution in [-0.4, -0.2) is 32.9 Å². The van der Waals surface area contributed by atoms with Crippen LogP contribution in [0.15, 0.2) is 24.3 Å². The third-order valence-electron chi connectivity index (χ3n) is 2.07. The number of carbonyl (C=O) groups is 1. The van der Waals surface area contributed by atoms with Crippen molar-refractivity contribution in [3.8, 4) is 5.75 Å². The van der Waals surface area contributed by atoms with Gasteiger partial charge < -0.3 is 20.1 Å². The van der Waals surface area contributed by atoms with Crippen molar-refractivity contribution in [1.82, 2.24) is 5.32 Å². The Bertz CT molecular complexity index is 355. The second kappa shape index (κ2) is 7.38. The van der Waals surface area contributed by atoms with E-state index >= 15 is 0 Å². The Morgan fingerprint density at radius 3 is 2.88 bits per heavy atom. The van der Waals surface area contributed by atoms with Gasteiger partial charge in [-0.2, -0.15) is 0 Å². The van der Waals surface area contributed by atoms with Crippen LogP contribution in [0, 0.1) is 0 Å². The predicted molar refractivity (Wildman–Crippen MR) is 66.5 cm³/mol. The minimum Gasteiger partial charge on any atom is -0.497 e. The Hall–Kier alpha value is -1.91. The van der Waals surface area contributed by atoms with E-state index in [0.29, 0.717) is 19.7 Å². The average Bonchev–Trinajstić information content (AvgIpc) is 2.35. The molecule has 1 amide bonds. The van der Waals surface area contributed by atoms with Crippen molar-refractivity contribution in [3.05, 3.63) is 24.3 Å². The van der Waals surface area contributed by atoms with Crippen LogP contribution in [0.2, 0.25) is 0 Å². The van der Waals surface area contributed by atoms with Gasteiger partial charge in [-0.05, 0) is 19.1 Å². The van der Waals surface area contributed by atoms with Crippen LogP contribution in [0.3, 0.4) is 0 Å². The monoisotopic (exact) mass is 238 g/mol. The first kappa shape index (κ1) is 13.2. The molecule has 1 aromatic rings. The second-order valence-corrected chi connectivity index (χ2v) is 3.31. The third kappa shape index (κ3) is 5.10. The van der Waals surface area contributed by atoms with Crippen LogP contribution < -0.4 is 15.4 Å². The first-order valence-electron chi connectivity index (χ1n) is 5.54. The summed E-state index contributed by atoms with van der Waals surface area (Å²) >= 11 is 0. The second-order valence-electron chi connectivity index (χ2n) is 3.31. The summed E-state index contributed by atoms with van der Waals surface area (Å²) in [6.45, 7) is 3.30. The van der Waals surface area contributed by atoms with E-state index in [9.17, 15) is 4.79 Å². The maximum atomic E-state index is 11.0. The summed E-state index contributed by atoms with van der Waals surface area (Å²) in [6.07, 6.45) is -0.389. The van der Waals surface area contributed by atoms with Crippen molar-refractivity contribution in [1.29, 1.82) is 0 Å². The highest BCUT2D eigenvalue weighted by Gasteiger charge is 1.98. The molecule has 0 aliphatic carbocycles. The number of anilines is 1. The summed E-state index contributed by atoms with van der Waals surface area (Å²) in [4.78, 5) is 11.0. The normalized spacial score (nSPS) is 9.53. The molecular weight excluding hydrogens is 220 g/mol. The van der Waals surface area contributed by atoms with E-state index in [1.807, 2.05) is 24.3 Å². The molecule has 2 N–H and O–H groups in total. The molecule has 0 fully saturated rings. The van der Waals surface area contributed by atoms with Gasteiger partial charge in [-0.3, -0.25) is 0 Å². The molecule has 5 heteroatoms. The number of hydrogen-bond acceptors (Lipinski definition) is 4. The molecule has 0 saturated heterocycles. The minimum atomic E-state index is -0.389. The van der Waals surface area contributed by atoms with Crippen LogP contribution in [-0.2, 0) is 4.74 Å². The highest BCUT2D eigenvalue weighted by Crippen LogP contribution is 2.15. The molecule has 0 atom stereocenters. The van der Waals surface area contributed by atoms with Crippen LogP contribution in [0.5, 0.6) is 5.75 Å². The van der Waals surface area contributed by atoms with Gasteiger partial charge in [-0.15, -0.1) is 0 Å². The molecule has 0 aromatic heterocycles. The highest BCUT2D eigenvalue weighted by molar-refractivity contribution is 5.67. The molecule has 0 bridgehead atoms. The molecule has 0 aliphatic rings. The fraction of sp³-hybridized carbons (Fsp3) is 0.417. The van der Waals surface area contributed by atoms with Crippen molar-refractivity contribution in [2.75, 3.05) is 32.1 Å². The molecule has 0 saturated carbocycles. The number of carbonyl (C=O) groups excluding carboxylic acids is 1. The van der Waals surface area contributed by atoms with Crippen molar-refractivity contribution >= 4 is 11.8 Å². The summed E-state index contributed by atoms with van der Waals surface area (Å²) < 4.78 is 9.83. The zero-order valence-corrected chi connectivity index (χ0v) is 10.2. The molecule has 1 rings (SSSR count). The molecule has 17 heavy (non-hydrogen) atoms. The van der Waals surface area contributed by atoms with Gasteiger partial charge in [-0.25, -0.2) is 4.79 Å². The minimum absolute atomic E-state index is 0.384. The SMILES string of the molecule is CCOC(=O)NCCNc1cccc(OC)c1. The standard InChI is InChI=1S/C12H18N2O3/c1-3-17-12(15)14-8-7-13-10-5-4-6-11(9-10)16-2/h4-6,9,13H,3,7-8H2,1-2H3,(H,14,15). The first-order valence-corrected chi connectivity index (χ1v) is 5.54. The van der Waals surface area contributed by atoms with Crippen molar-refractivity contribution in [2.45, 2.75) is 6.92 Å². The van der Waals surface area contributed by atoms with E-state index < -0.39 is 0 Å². The van der Waals surface area contributed by atoms with E-state index in [4.69, 9.17) is 9.47 Å². The van der Waals surface area contributed by atoms with Crippen LogP contribution in [0.25, 0.3) is 0 Å². The zero-order valence-electron chi connectivity index (χ0n) is 10.2. The van der Waals surface area contributed by atoms with Gasteiger partial charge in [0.05, 0.1) is 13.7 Å². The van der Waals surface area contributed by atoms with E-state index in [1.54, 1.807) is 14.0 Å². The van der Waals surface area contributed by atoms with Crippen molar-refractivity contribution in [3.63, 3.8) is 0 Å². The lowest BCUT2D eigenvalue weighted by Gasteiger charge is -2.08. The Morgan fingerprint density at radius 2 is 2.18 bits per heavy atom. The van der Waals surface area contributed by atoms with Gasteiger partial charge in [0.2, 0.25) is 0 Å². The molecule has 94 valence electrons. The lowest BCUT2D eigenvalue weighted by Crippen LogP contribution is -2.29. The summed E-state index contributed by atoms with van der Waals surface area (Å²) in [5, 5.41) is 5.79. The Balaban J connectivity index is 2.24. The molecule has 0 unspecified atom stereocenters. The maximum Gasteiger partial charge on any atom is 0.407 e. The number of hydrogen-bond donors (Lipinski definition) is 2. The Morgan fingerprint density at radius 1 is 1.35 bits per heavy atom. The smallest absolute Gasteiger partial charge is 0.407 e. The molecule has 0 heterocycles. The summed E-state index contributed by atoms with van der Waals surface area (Å²) in [6, 6.07) is 7.61. The van der Waals surface area contributed by atoms with E-state index in [-0.39, 0.29) is 6.09 Å². The molecular formula is C12H18N2O3. The largest absolute Gasteiger partial charge is 0.497 e. The van der Waals surface area contributed by atoms with Crippen LogP contribution >= 0.6 is 0 Å². The summed E-state index contributed by atoms with van der Waals surface area (Å²) in [5.41, 5.74) is 0.954. The number of alkyl carbamates (subject to hydrolysis) is 1. The topological polar surface area (TPSA) is 59.6 Å². The van der Waals surface area contributed by atoms with Gasteiger partial charge in [-0.1, -0.05) is 6.07 Å². The lowest BCUT2D eigenvalue weighted by atomic mass is 10.3. The van der Waals surface area contributed by atoms with Gasteiger partial charge in [0.15, 0.2) is 0 Å². The molecule has 0 radical (unpaired) electrons. The quantitative estimate of drug-likeness (QED) is 0.743. The summed E-state index contributed by atoms with van der Waals surface area (Å²) in [5.74, 6) is 0.799. The van der Waals surface area contributed by atoms with E-state index in [1.165, 1.54) is 0 Å². The van der Waals surface area contributed by atoms with E-state index in [2.05, 4.69) is 10.6 Å². The number of methoxy groups -OCH3 is 1. The Kier molecular flexibility index (Phi) is 5.71. The molecule has 0 spiro atoms. The number of amides is 1. The fourth-order valence-corrected chi connectivity index (χ4v) is 1.29. The zero-order chi connectivity index (χ0) is 12.5. The number of rotatable bonds is 6. The van der Waals surface area contributed by atoms with Gasteiger partial charge in [0.25, 0.3) is 0 Å². The fourth-order valence-electron chi connectivity index (χ4n) is 1.29. The number of ether oxygens (including phenoxy) is 2. The predicted octanol–water partition coefficient (Wildman–Crippen LogP) is 1.85. The van der Waals surface area contributed by atoms with Crippen molar-refractivity contribution in [2.24, 2.45) is 0 Å². The lowest BCUT2D eigenvalue weighted by molar-refractivity contribution is 0.152. The molecule has 5 nitrogen and oxygen atoms in total. The third-order valence-corrected chi connectivity index (χ3v) is 2.07. The molecule has 0 aliphatic heterocycles. The van der Waals surface area contributed by atoms with Gasteiger partial charge >= 0.3 is 6.09 Å². The van der Waals surface area contributed by atoms with E-state index in [0.717, 1.165) is 11.4 Å². The van der Waals surface area contributed by atoms with Gasteiger partial charge in [0, 0.05) is 24.8 Å².